The van der Waals surface area contributed by atoms with Crippen LogP contribution in [-0.4, -0.2) is 33.7 Å². The molecule has 0 saturated carbocycles. The number of amides is 1. The molecule has 34 heavy (non-hydrogen) atoms. The SMILES string of the molecule is CCc1cccc(C)c1N(Cc1ccc(C(=O)NCCOc2ccc(F)cc2)cc1)S(C)(=O)=O. The molecular formula is C26H29FN2O4S. The highest BCUT2D eigenvalue weighted by Gasteiger charge is 2.22. The molecule has 0 saturated heterocycles. The topological polar surface area (TPSA) is 75.7 Å². The van der Waals surface area contributed by atoms with Gasteiger partial charge in [0, 0.05) is 5.56 Å². The number of carbonyl (C=O) groups is 1. The second kappa shape index (κ2) is 11.2. The summed E-state index contributed by atoms with van der Waals surface area (Å²) in [6.45, 7) is 4.60. The molecule has 3 rings (SSSR count). The second-order valence-electron chi connectivity index (χ2n) is 7.96. The monoisotopic (exact) mass is 484 g/mol. The van der Waals surface area contributed by atoms with E-state index in [1.165, 1.54) is 34.8 Å². The van der Waals surface area contributed by atoms with Crippen molar-refractivity contribution in [2.24, 2.45) is 0 Å². The third-order valence-electron chi connectivity index (χ3n) is 5.36. The smallest absolute Gasteiger partial charge is 0.251 e. The molecule has 1 N–H and O–H groups in total. The van der Waals surface area contributed by atoms with Crippen LogP contribution in [0.4, 0.5) is 10.1 Å². The number of nitrogens with zero attached hydrogens (tertiary/aromatic N) is 1. The van der Waals surface area contributed by atoms with E-state index in [1.807, 2.05) is 32.0 Å². The van der Waals surface area contributed by atoms with Gasteiger partial charge in [-0.05, 0) is 66.4 Å². The maximum atomic E-state index is 12.9. The van der Waals surface area contributed by atoms with E-state index >= 15 is 0 Å². The van der Waals surface area contributed by atoms with Crippen LogP contribution in [0.3, 0.4) is 0 Å². The van der Waals surface area contributed by atoms with E-state index in [0.717, 1.165) is 16.7 Å². The first-order chi connectivity index (χ1) is 16.2. The van der Waals surface area contributed by atoms with Crippen LogP contribution >= 0.6 is 0 Å². The van der Waals surface area contributed by atoms with E-state index in [0.29, 0.717) is 23.4 Å². The lowest BCUT2D eigenvalue weighted by atomic mass is 10.1. The molecular weight excluding hydrogens is 455 g/mol. The highest BCUT2D eigenvalue weighted by Crippen LogP contribution is 2.29. The number of nitrogens with one attached hydrogen (secondary N) is 1. The highest BCUT2D eigenvalue weighted by atomic mass is 32.2. The Morgan fingerprint density at radius 3 is 2.32 bits per heavy atom. The molecule has 3 aromatic carbocycles. The predicted molar refractivity (Wildman–Crippen MR) is 132 cm³/mol. The average Bonchev–Trinajstić information content (AvgIpc) is 2.81. The number of benzene rings is 3. The zero-order chi connectivity index (χ0) is 24.7. The van der Waals surface area contributed by atoms with E-state index in [1.54, 1.807) is 24.3 Å². The molecule has 0 aliphatic rings. The van der Waals surface area contributed by atoms with Gasteiger partial charge in [-0.15, -0.1) is 0 Å². The van der Waals surface area contributed by atoms with Crippen LogP contribution in [0.15, 0.2) is 66.7 Å². The van der Waals surface area contributed by atoms with E-state index in [-0.39, 0.29) is 31.4 Å². The minimum atomic E-state index is -3.52. The van der Waals surface area contributed by atoms with Gasteiger partial charge >= 0.3 is 0 Å². The standard InChI is InChI=1S/C26H29FN2O4S/c1-4-21-7-5-6-19(2)25(21)29(34(3,31)32)18-20-8-10-22(11-9-20)26(30)28-16-17-33-24-14-12-23(27)13-15-24/h5-15H,4,16-18H2,1-3H3,(H,28,30). The lowest BCUT2D eigenvalue weighted by molar-refractivity contribution is 0.0947. The Morgan fingerprint density at radius 2 is 1.71 bits per heavy atom. The van der Waals surface area contributed by atoms with Crippen LogP contribution in [-0.2, 0) is 23.0 Å². The summed E-state index contributed by atoms with van der Waals surface area (Å²) in [7, 11) is -3.52. The van der Waals surface area contributed by atoms with Gasteiger partial charge in [0.25, 0.3) is 5.91 Å². The number of halogens is 1. The summed E-state index contributed by atoms with van der Waals surface area (Å²) in [5, 5.41) is 2.77. The number of hydrogen-bond donors (Lipinski definition) is 1. The lowest BCUT2D eigenvalue weighted by Gasteiger charge is -2.26. The third-order valence-corrected chi connectivity index (χ3v) is 6.48. The van der Waals surface area contributed by atoms with Gasteiger partial charge in [-0.25, -0.2) is 12.8 Å². The first-order valence-electron chi connectivity index (χ1n) is 11.0. The minimum Gasteiger partial charge on any atom is -0.492 e. The Bertz CT molecular complexity index is 1230. The van der Waals surface area contributed by atoms with Crippen LogP contribution in [0, 0.1) is 12.7 Å². The summed E-state index contributed by atoms with van der Waals surface area (Å²) >= 11 is 0. The Labute approximate surface area is 200 Å². The molecule has 0 radical (unpaired) electrons. The molecule has 0 spiro atoms. The number of aryl methyl sites for hydroxylation is 2. The fourth-order valence-corrected chi connectivity index (χ4v) is 4.59. The fourth-order valence-electron chi connectivity index (χ4n) is 3.62. The zero-order valence-electron chi connectivity index (χ0n) is 19.5. The molecule has 3 aromatic rings. The first-order valence-corrected chi connectivity index (χ1v) is 12.9. The van der Waals surface area contributed by atoms with Crippen LogP contribution in [0.25, 0.3) is 0 Å². The maximum absolute atomic E-state index is 12.9. The van der Waals surface area contributed by atoms with Gasteiger partial charge in [-0.3, -0.25) is 9.10 Å². The molecule has 0 aliphatic heterocycles. The van der Waals surface area contributed by atoms with Crippen molar-refractivity contribution in [3.8, 4) is 5.75 Å². The molecule has 0 aromatic heterocycles. The summed E-state index contributed by atoms with van der Waals surface area (Å²) in [6.07, 6.45) is 1.92. The Balaban J connectivity index is 1.63. The van der Waals surface area contributed by atoms with Gasteiger partial charge in [0.05, 0.1) is 25.0 Å². The summed E-state index contributed by atoms with van der Waals surface area (Å²) < 4.78 is 45.1. The Morgan fingerprint density at radius 1 is 1.03 bits per heavy atom. The molecule has 0 bridgehead atoms. The summed E-state index contributed by atoms with van der Waals surface area (Å²) in [5.74, 6) is -0.0785. The molecule has 0 fully saturated rings. The quantitative estimate of drug-likeness (QED) is 0.431. The summed E-state index contributed by atoms with van der Waals surface area (Å²) in [4.78, 5) is 12.4. The Hall–Kier alpha value is -3.39. The van der Waals surface area contributed by atoms with E-state index in [2.05, 4.69) is 5.32 Å². The van der Waals surface area contributed by atoms with Crippen LogP contribution < -0.4 is 14.4 Å². The highest BCUT2D eigenvalue weighted by molar-refractivity contribution is 7.92. The Kier molecular flexibility index (Phi) is 8.28. The number of ether oxygens (including phenoxy) is 1. The molecule has 0 heterocycles. The van der Waals surface area contributed by atoms with Crippen molar-refractivity contribution in [3.05, 3.63) is 94.8 Å². The van der Waals surface area contributed by atoms with Crippen LogP contribution in [0.1, 0.15) is 34.0 Å². The summed E-state index contributed by atoms with van der Waals surface area (Å²) in [6, 6.07) is 18.3. The normalized spacial score (nSPS) is 11.2. The third kappa shape index (κ3) is 6.57. The summed E-state index contributed by atoms with van der Waals surface area (Å²) in [5.41, 5.74) is 3.79. The van der Waals surface area contributed by atoms with Crippen LogP contribution in [0.5, 0.6) is 5.75 Å². The van der Waals surface area contributed by atoms with Crippen molar-refractivity contribution in [1.29, 1.82) is 0 Å². The van der Waals surface area contributed by atoms with Gasteiger partial charge < -0.3 is 10.1 Å². The minimum absolute atomic E-state index is 0.171. The van der Waals surface area contributed by atoms with Crippen molar-refractivity contribution in [2.75, 3.05) is 23.7 Å². The largest absolute Gasteiger partial charge is 0.492 e. The second-order valence-corrected chi connectivity index (χ2v) is 9.87. The predicted octanol–water partition coefficient (Wildman–Crippen LogP) is 4.47. The van der Waals surface area contributed by atoms with Gasteiger partial charge in [0.1, 0.15) is 18.2 Å². The average molecular weight is 485 g/mol. The van der Waals surface area contributed by atoms with Crippen molar-refractivity contribution in [1.82, 2.24) is 5.32 Å². The molecule has 6 nitrogen and oxygen atoms in total. The van der Waals surface area contributed by atoms with Gasteiger partial charge in [0.15, 0.2) is 0 Å². The number of anilines is 1. The molecule has 0 aliphatic carbocycles. The van der Waals surface area contributed by atoms with Crippen molar-refractivity contribution in [3.63, 3.8) is 0 Å². The van der Waals surface area contributed by atoms with Crippen molar-refractivity contribution in [2.45, 2.75) is 26.8 Å². The van der Waals surface area contributed by atoms with Crippen molar-refractivity contribution >= 4 is 21.6 Å². The number of hydrogen-bond acceptors (Lipinski definition) is 4. The van der Waals surface area contributed by atoms with E-state index in [9.17, 15) is 17.6 Å². The van der Waals surface area contributed by atoms with E-state index in [4.69, 9.17) is 4.74 Å². The molecule has 1 amide bonds. The van der Waals surface area contributed by atoms with Crippen LogP contribution in [0.2, 0.25) is 0 Å². The molecule has 0 unspecified atom stereocenters. The number of rotatable bonds is 10. The van der Waals surface area contributed by atoms with E-state index < -0.39 is 10.0 Å². The molecule has 180 valence electrons. The zero-order valence-corrected chi connectivity index (χ0v) is 20.4. The van der Waals surface area contributed by atoms with Crippen molar-refractivity contribution < 1.29 is 22.3 Å². The lowest BCUT2D eigenvalue weighted by Crippen LogP contribution is -2.31. The number of carbonyl (C=O) groups excluding carboxylic acids is 1. The molecule has 8 heteroatoms. The maximum Gasteiger partial charge on any atom is 0.251 e. The van der Waals surface area contributed by atoms with Gasteiger partial charge in [-0.1, -0.05) is 37.3 Å². The molecule has 0 atom stereocenters. The first kappa shape index (κ1) is 25.2. The fraction of sp³-hybridized carbons (Fsp3) is 0.269. The number of para-hydroxylation sites is 1. The van der Waals surface area contributed by atoms with Gasteiger partial charge in [-0.2, -0.15) is 0 Å². The van der Waals surface area contributed by atoms with Gasteiger partial charge in [0.2, 0.25) is 10.0 Å². The number of sulfonamides is 1.